The lowest BCUT2D eigenvalue weighted by molar-refractivity contribution is 0.726. The first-order valence-corrected chi connectivity index (χ1v) is 6.23. The van der Waals surface area contributed by atoms with Crippen LogP contribution in [0.2, 0.25) is 0 Å². The van der Waals surface area contributed by atoms with Gasteiger partial charge in [0.05, 0.1) is 0 Å². The maximum atomic E-state index is 5.31. The van der Waals surface area contributed by atoms with Gasteiger partial charge < -0.3 is 4.90 Å². The van der Waals surface area contributed by atoms with Crippen molar-refractivity contribution in [3.05, 3.63) is 29.8 Å². The molecule has 1 saturated heterocycles. The smallest absolute Gasteiger partial charge is 0.0487 e. The summed E-state index contributed by atoms with van der Waals surface area (Å²) >= 11 is 5.31. The molecule has 2 rings (SSSR count). The van der Waals surface area contributed by atoms with Gasteiger partial charge >= 0.3 is 0 Å². The van der Waals surface area contributed by atoms with Crippen LogP contribution in [0, 0.1) is 0 Å². The summed E-state index contributed by atoms with van der Waals surface area (Å²) in [6.45, 7) is 2.37. The van der Waals surface area contributed by atoms with Crippen LogP contribution < -0.4 is 4.90 Å². The van der Waals surface area contributed by atoms with Crippen molar-refractivity contribution in [3.8, 4) is 0 Å². The van der Waals surface area contributed by atoms with Gasteiger partial charge in [-0.15, -0.1) is 0 Å². The number of anilines is 1. The fraction of sp³-hybridized carbons (Fsp3) is 0.462. The molecule has 16 heavy (non-hydrogen) atoms. The minimum Gasteiger partial charge on any atom is -0.372 e. The summed E-state index contributed by atoms with van der Waals surface area (Å²) in [5.41, 5.74) is 2.36. The predicted molar refractivity (Wildman–Crippen MR) is 70.6 cm³/mol. The Bertz CT molecular complexity index is 337. The average Bonchev–Trinajstić information content (AvgIpc) is 2.59. The Hall–Kier alpha value is -1.02. The fourth-order valence-electron chi connectivity index (χ4n) is 2.16. The Kier molecular flexibility index (Phi) is 4.23. The molecule has 1 aromatic rings. The molecule has 1 heterocycles. The Morgan fingerprint density at radius 3 is 2.19 bits per heavy atom. The maximum absolute atomic E-state index is 5.31. The van der Waals surface area contributed by atoms with Gasteiger partial charge in [-0.05, 0) is 30.5 Å². The Morgan fingerprint density at radius 2 is 1.62 bits per heavy atom. The number of hydrogen-bond donors (Lipinski definition) is 0. The van der Waals surface area contributed by atoms with Crippen molar-refractivity contribution in [1.29, 1.82) is 0 Å². The highest BCUT2D eigenvalue weighted by atomic mass is 35.5. The topological polar surface area (TPSA) is 15.6 Å². The highest BCUT2D eigenvalue weighted by molar-refractivity contribution is 6.18. The van der Waals surface area contributed by atoms with E-state index in [0.717, 1.165) is 5.56 Å². The van der Waals surface area contributed by atoms with Gasteiger partial charge in [-0.2, -0.15) is 4.51 Å². The van der Waals surface area contributed by atoms with Crippen LogP contribution in [0.4, 0.5) is 5.69 Å². The lowest BCUT2D eigenvalue weighted by Crippen LogP contribution is -2.23. The van der Waals surface area contributed by atoms with Crippen LogP contribution in [-0.2, 0) is 0 Å². The molecule has 0 saturated carbocycles. The van der Waals surface area contributed by atoms with Crippen LogP contribution in [-0.4, -0.2) is 19.3 Å². The van der Waals surface area contributed by atoms with Gasteiger partial charge in [0, 0.05) is 36.8 Å². The van der Waals surface area contributed by atoms with Gasteiger partial charge in [0.1, 0.15) is 0 Å². The molecular formula is C13H17ClN2. The molecule has 1 aromatic carbocycles. The maximum Gasteiger partial charge on any atom is 0.0487 e. The molecule has 0 aromatic heterocycles. The van der Waals surface area contributed by atoms with Gasteiger partial charge in [-0.25, -0.2) is 0 Å². The summed E-state index contributed by atoms with van der Waals surface area (Å²) in [6.07, 6.45) is 7.02. The normalized spacial score (nSPS) is 17.7. The summed E-state index contributed by atoms with van der Waals surface area (Å²) < 4.78 is 3.50. The van der Waals surface area contributed by atoms with Gasteiger partial charge in [-0.1, -0.05) is 25.0 Å². The second-order valence-corrected chi connectivity index (χ2v) is 4.41. The summed E-state index contributed by atoms with van der Waals surface area (Å²) in [6, 6.07) is 8.43. The molecule has 1 aliphatic rings. The van der Waals surface area contributed by atoms with Crippen molar-refractivity contribution < 1.29 is 0 Å². The summed E-state index contributed by atoms with van der Waals surface area (Å²) in [5.74, 6) is 0. The number of benzene rings is 1. The van der Waals surface area contributed by atoms with Gasteiger partial charge in [0.25, 0.3) is 0 Å². The molecule has 0 atom stereocenters. The van der Waals surface area contributed by atoms with Crippen molar-refractivity contribution in [2.45, 2.75) is 25.7 Å². The first kappa shape index (κ1) is 11.5. The number of halogens is 1. The van der Waals surface area contributed by atoms with Crippen molar-refractivity contribution >= 4 is 23.7 Å². The van der Waals surface area contributed by atoms with Crippen molar-refractivity contribution in [2.24, 2.45) is 4.51 Å². The second kappa shape index (κ2) is 5.90. The first-order chi connectivity index (χ1) is 7.90. The lowest BCUT2D eigenvalue weighted by Gasteiger charge is -2.22. The van der Waals surface area contributed by atoms with E-state index in [2.05, 4.69) is 33.7 Å². The van der Waals surface area contributed by atoms with E-state index in [1.165, 1.54) is 44.5 Å². The third-order valence-corrected chi connectivity index (χ3v) is 3.16. The Balaban J connectivity index is 2.07. The van der Waals surface area contributed by atoms with Crippen molar-refractivity contribution in [1.82, 2.24) is 0 Å². The molecule has 0 N–H and O–H groups in total. The number of hydrogen-bond acceptors (Lipinski definition) is 2. The third-order valence-electron chi connectivity index (χ3n) is 3.06. The van der Waals surface area contributed by atoms with E-state index in [4.69, 9.17) is 11.8 Å². The fourth-order valence-corrected chi connectivity index (χ4v) is 2.27. The minimum atomic E-state index is 1.05. The molecule has 3 heteroatoms. The Morgan fingerprint density at radius 1 is 1.00 bits per heavy atom. The number of nitrogens with zero attached hydrogens (tertiary/aromatic N) is 2. The molecule has 0 bridgehead atoms. The highest BCUT2D eigenvalue weighted by Crippen LogP contribution is 2.19. The SMILES string of the molecule is Cl/N=C/c1ccc(N2CCCCCC2)cc1. The van der Waals surface area contributed by atoms with Gasteiger partial charge in [0.2, 0.25) is 0 Å². The first-order valence-electron chi connectivity index (χ1n) is 5.89. The molecule has 0 radical (unpaired) electrons. The van der Waals surface area contributed by atoms with Gasteiger partial charge in [-0.3, -0.25) is 0 Å². The quantitative estimate of drug-likeness (QED) is 0.716. The standard InChI is InChI=1S/C13H17ClN2/c14-15-11-12-5-7-13(8-6-12)16-9-3-1-2-4-10-16/h5-8,11H,1-4,9-10H2/b15-11+. The molecule has 2 nitrogen and oxygen atoms in total. The molecule has 1 aliphatic heterocycles. The summed E-state index contributed by atoms with van der Waals surface area (Å²) in [7, 11) is 0. The molecular weight excluding hydrogens is 220 g/mol. The largest absolute Gasteiger partial charge is 0.372 e. The van der Waals surface area contributed by atoms with Crippen LogP contribution in [0.15, 0.2) is 28.8 Å². The van der Waals surface area contributed by atoms with Crippen LogP contribution in [0.25, 0.3) is 0 Å². The van der Waals surface area contributed by atoms with Crippen LogP contribution in [0.3, 0.4) is 0 Å². The molecule has 0 spiro atoms. The van der Waals surface area contributed by atoms with Crippen LogP contribution in [0.1, 0.15) is 31.2 Å². The van der Waals surface area contributed by atoms with E-state index in [9.17, 15) is 0 Å². The van der Waals surface area contributed by atoms with E-state index in [1.807, 2.05) is 0 Å². The zero-order valence-corrected chi connectivity index (χ0v) is 10.2. The average molecular weight is 237 g/mol. The predicted octanol–water partition coefficient (Wildman–Crippen LogP) is 3.64. The van der Waals surface area contributed by atoms with E-state index < -0.39 is 0 Å². The Labute approximate surface area is 102 Å². The van der Waals surface area contributed by atoms with Crippen LogP contribution >= 0.6 is 11.8 Å². The monoisotopic (exact) mass is 236 g/mol. The van der Waals surface area contributed by atoms with E-state index >= 15 is 0 Å². The van der Waals surface area contributed by atoms with E-state index in [-0.39, 0.29) is 0 Å². The van der Waals surface area contributed by atoms with Crippen molar-refractivity contribution in [2.75, 3.05) is 18.0 Å². The third kappa shape index (κ3) is 2.99. The van der Waals surface area contributed by atoms with Crippen LogP contribution in [0.5, 0.6) is 0 Å². The zero-order valence-electron chi connectivity index (χ0n) is 9.40. The lowest BCUT2D eigenvalue weighted by atomic mass is 10.2. The minimum absolute atomic E-state index is 1.05. The zero-order chi connectivity index (χ0) is 11.2. The highest BCUT2D eigenvalue weighted by Gasteiger charge is 2.09. The molecule has 86 valence electrons. The van der Waals surface area contributed by atoms with E-state index in [1.54, 1.807) is 6.21 Å². The summed E-state index contributed by atoms with van der Waals surface area (Å²) in [4.78, 5) is 2.47. The number of rotatable bonds is 2. The summed E-state index contributed by atoms with van der Waals surface area (Å²) in [5, 5.41) is 0. The molecule has 0 amide bonds. The second-order valence-electron chi connectivity index (χ2n) is 4.22. The van der Waals surface area contributed by atoms with Crippen molar-refractivity contribution in [3.63, 3.8) is 0 Å². The van der Waals surface area contributed by atoms with E-state index in [0.29, 0.717) is 0 Å². The molecule has 0 aliphatic carbocycles. The van der Waals surface area contributed by atoms with Gasteiger partial charge in [0.15, 0.2) is 0 Å². The molecule has 0 unspecified atom stereocenters. The molecule has 1 fully saturated rings.